The molecule has 1 aromatic heterocycles. The summed E-state index contributed by atoms with van der Waals surface area (Å²) >= 11 is 0. The lowest BCUT2D eigenvalue weighted by Gasteiger charge is -2.37. The van der Waals surface area contributed by atoms with E-state index in [-0.39, 0.29) is 18.1 Å². The lowest BCUT2D eigenvalue weighted by atomic mass is 10.1. The molecule has 2 saturated heterocycles. The van der Waals surface area contributed by atoms with Gasteiger partial charge in [0, 0.05) is 50.8 Å². The van der Waals surface area contributed by atoms with E-state index in [0.29, 0.717) is 13.0 Å². The standard InChI is InChI=1S/C14H20N4O2/c19-12-9-13(16-10-12)14(20)18-7-5-17(6-8-18)11-1-3-15-4-2-11/h1-4,12-13,16,19H,5-10H2/t12-,13-/m1/s1. The fourth-order valence-corrected chi connectivity index (χ4v) is 2.87. The van der Waals surface area contributed by atoms with E-state index in [2.05, 4.69) is 15.2 Å². The summed E-state index contributed by atoms with van der Waals surface area (Å²) in [4.78, 5) is 20.5. The van der Waals surface area contributed by atoms with Crippen LogP contribution in [0.25, 0.3) is 0 Å². The van der Waals surface area contributed by atoms with Crippen LogP contribution in [0.2, 0.25) is 0 Å². The maximum absolute atomic E-state index is 12.3. The molecule has 6 nitrogen and oxygen atoms in total. The fourth-order valence-electron chi connectivity index (χ4n) is 2.87. The molecule has 2 aliphatic rings. The van der Waals surface area contributed by atoms with E-state index in [1.54, 1.807) is 12.4 Å². The van der Waals surface area contributed by atoms with Crippen LogP contribution in [0.5, 0.6) is 0 Å². The number of nitrogens with one attached hydrogen (secondary N) is 1. The Bertz CT molecular complexity index is 460. The Morgan fingerprint density at radius 3 is 2.55 bits per heavy atom. The normalized spacial score (nSPS) is 26.9. The van der Waals surface area contributed by atoms with E-state index >= 15 is 0 Å². The number of piperazine rings is 1. The molecule has 0 unspecified atom stereocenters. The zero-order valence-electron chi connectivity index (χ0n) is 11.4. The van der Waals surface area contributed by atoms with Gasteiger partial charge in [-0.1, -0.05) is 0 Å². The van der Waals surface area contributed by atoms with Crippen molar-refractivity contribution in [1.82, 2.24) is 15.2 Å². The first-order chi connectivity index (χ1) is 9.74. The minimum atomic E-state index is -0.387. The zero-order chi connectivity index (χ0) is 13.9. The van der Waals surface area contributed by atoms with Crippen LogP contribution in [-0.2, 0) is 4.79 Å². The van der Waals surface area contributed by atoms with Crippen LogP contribution in [-0.4, -0.2) is 65.8 Å². The second-order valence-corrected chi connectivity index (χ2v) is 5.37. The minimum Gasteiger partial charge on any atom is -0.392 e. The van der Waals surface area contributed by atoms with Crippen LogP contribution in [0.15, 0.2) is 24.5 Å². The molecule has 0 aliphatic carbocycles. The molecule has 2 atom stereocenters. The highest BCUT2D eigenvalue weighted by atomic mass is 16.3. The number of anilines is 1. The molecule has 0 bridgehead atoms. The highest BCUT2D eigenvalue weighted by Crippen LogP contribution is 2.16. The third-order valence-corrected chi connectivity index (χ3v) is 4.02. The molecule has 3 rings (SSSR count). The highest BCUT2D eigenvalue weighted by Gasteiger charge is 2.32. The summed E-state index contributed by atoms with van der Waals surface area (Å²) in [5.74, 6) is 0.121. The van der Waals surface area contributed by atoms with Crippen LogP contribution < -0.4 is 10.2 Å². The van der Waals surface area contributed by atoms with Crippen LogP contribution in [0, 0.1) is 0 Å². The van der Waals surface area contributed by atoms with E-state index in [1.807, 2.05) is 17.0 Å². The van der Waals surface area contributed by atoms with Crippen LogP contribution in [0.1, 0.15) is 6.42 Å². The van der Waals surface area contributed by atoms with E-state index in [9.17, 15) is 9.90 Å². The average Bonchev–Trinajstić information content (AvgIpc) is 2.94. The molecular formula is C14H20N4O2. The van der Waals surface area contributed by atoms with E-state index < -0.39 is 0 Å². The molecule has 108 valence electrons. The summed E-state index contributed by atoms with van der Waals surface area (Å²) in [6.45, 7) is 3.66. The summed E-state index contributed by atoms with van der Waals surface area (Å²) < 4.78 is 0. The maximum Gasteiger partial charge on any atom is 0.239 e. The number of aliphatic hydroxyl groups is 1. The van der Waals surface area contributed by atoms with Crippen molar-refractivity contribution in [3.63, 3.8) is 0 Å². The second-order valence-electron chi connectivity index (χ2n) is 5.37. The SMILES string of the molecule is O=C([C@H]1C[C@@H](O)CN1)N1CCN(c2ccncc2)CC1. The summed E-state index contributed by atoms with van der Waals surface area (Å²) in [5.41, 5.74) is 1.15. The molecule has 0 spiro atoms. The zero-order valence-corrected chi connectivity index (χ0v) is 11.4. The number of rotatable bonds is 2. The first-order valence-corrected chi connectivity index (χ1v) is 7.09. The third kappa shape index (κ3) is 2.76. The topological polar surface area (TPSA) is 68.7 Å². The van der Waals surface area contributed by atoms with Crippen molar-refractivity contribution in [3.8, 4) is 0 Å². The smallest absolute Gasteiger partial charge is 0.239 e. The van der Waals surface area contributed by atoms with E-state index in [4.69, 9.17) is 0 Å². The number of carbonyl (C=O) groups is 1. The molecule has 1 aromatic rings. The van der Waals surface area contributed by atoms with Crippen molar-refractivity contribution in [1.29, 1.82) is 0 Å². The molecule has 0 aromatic carbocycles. The molecule has 2 N–H and O–H groups in total. The second kappa shape index (κ2) is 5.76. The van der Waals surface area contributed by atoms with Gasteiger partial charge in [0.05, 0.1) is 12.1 Å². The molecule has 3 heterocycles. The molecule has 20 heavy (non-hydrogen) atoms. The van der Waals surface area contributed by atoms with Crippen LogP contribution >= 0.6 is 0 Å². The Hall–Kier alpha value is -1.66. The molecule has 0 radical (unpaired) electrons. The molecular weight excluding hydrogens is 256 g/mol. The van der Waals surface area contributed by atoms with Gasteiger partial charge in [-0.3, -0.25) is 9.78 Å². The van der Waals surface area contributed by atoms with Crippen molar-refractivity contribution in [2.75, 3.05) is 37.6 Å². The van der Waals surface area contributed by atoms with Gasteiger partial charge in [0.2, 0.25) is 5.91 Å². The maximum atomic E-state index is 12.3. The molecule has 2 aliphatic heterocycles. The lowest BCUT2D eigenvalue weighted by Crippen LogP contribution is -2.53. The Labute approximate surface area is 118 Å². The van der Waals surface area contributed by atoms with Gasteiger partial charge < -0.3 is 20.2 Å². The van der Waals surface area contributed by atoms with Gasteiger partial charge >= 0.3 is 0 Å². The Balaban J connectivity index is 1.55. The van der Waals surface area contributed by atoms with Gasteiger partial charge in [-0.15, -0.1) is 0 Å². The van der Waals surface area contributed by atoms with Crippen molar-refractivity contribution >= 4 is 11.6 Å². The van der Waals surface area contributed by atoms with Crippen LogP contribution in [0.3, 0.4) is 0 Å². The first-order valence-electron chi connectivity index (χ1n) is 7.09. The highest BCUT2D eigenvalue weighted by molar-refractivity contribution is 5.82. The number of hydrogen-bond acceptors (Lipinski definition) is 5. The number of amides is 1. The van der Waals surface area contributed by atoms with Crippen molar-refractivity contribution in [2.24, 2.45) is 0 Å². The number of carbonyl (C=O) groups excluding carboxylic acids is 1. The van der Waals surface area contributed by atoms with Crippen molar-refractivity contribution in [3.05, 3.63) is 24.5 Å². The summed E-state index contributed by atoms with van der Waals surface area (Å²) in [5, 5.41) is 12.6. The number of hydrogen-bond donors (Lipinski definition) is 2. The fraction of sp³-hybridized carbons (Fsp3) is 0.571. The van der Waals surface area contributed by atoms with Crippen molar-refractivity contribution in [2.45, 2.75) is 18.6 Å². The third-order valence-electron chi connectivity index (χ3n) is 4.02. The predicted octanol–water partition coefficient (Wildman–Crippen LogP) is -0.547. The van der Waals surface area contributed by atoms with Gasteiger partial charge in [-0.25, -0.2) is 0 Å². The predicted molar refractivity (Wildman–Crippen MR) is 75.4 cm³/mol. The molecule has 1 amide bonds. The minimum absolute atomic E-state index is 0.121. The van der Waals surface area contributed by atoms with Gasteiger partial charge in [0.15, 0.2) is 0 Å². The summed E-state index contributed by atoms with van der Waals surface area (Å²) in [6.07, 6.45) is 3.72. The lowest BCUT2D eigenvalue weighted by molar-refractivity contribution is -0.133. The summed E-state index contributed by atoms with van der Waals surface area (Å²) in [6, 6.07) is 3.77. The monoisotopic (exact) mass is 276 g/mol. The Kier molecular flexibility index (Phi) is 3.84. The number of nitrogens with zero attached hydrogens (tertiary/aromatic N) is 3. The number of pyridine rings is 1. The van der Waals surface area contributed by atoms with Gasteiger partial charge in [-0.2, -0.15) is 0 Å². The molecule has 2 fully saturated rings. The van der Waals surface area contributed by atoms with Gasteiger partial charge in [0.1, 0.15) is 0 Å². The average molecular weight is 276 g/mol. The number of aromatic nitrogens is 1. The molecule has 6 heteroatoms. The quantitative estimate of drug-likeness (QED) is 0.759. The van der Waals surface area contributed by atoms with E-state index in [1.165, 1.54) is 0 Å². The summed E-state index contributed by atoms with van der Waals surface area (Å²) in [7, 11) is 0. The Morgan fingerprint density at radius 1 is 1.25 bits per heavy atom. The molecule has 0 saturated carbocycles. The largest absolute Gasteiger partial charge is 0.392 e. The van der Waals surface area contributed by atoms with E-state index in [0.717, 1.165) is 31.9 Å². The van der Waals surface area contributed by atoms with Gasteiger partial charge in [-0.05, 0) is 18.6 Å². The van der Waals surface area contributed by atoms with Crippen LogP contribution in [0.4, 0.5) is 5.69 Å². The Morgan fingerprint density at radius 2 is 1.95 bits per heavy atom. The first kappa shape index (κ1) is 13.3. The van der Waals surface area contributed by atoms with Gasteiger partial charge in [0.25, 0.3) is 0 Å². The number of aliphatic hydroxyl groups excluding tert-OH is 1. The van der Waals surface area contributed by atoms with Crippen molar-refractivity contribution < 1.29 is 9.90 Å². The number of β-amino-alcohol motifs (C(OH)–C–C–N with tert-alkyl or cyclic N) is 1.